The number of aromatic nitrogens is 3. The van der Waals surface area contributed by atoms with E-state index in [1.54, 1.807) is 12.1 Å². The number of hydrogen-bond acceptors (Lipinski definition) is 7. The Labute approximate surface area is 216 Å². The zero-order chi connectivity index (χ0) is 26.6. The number of nitriles is 1. The van der Waals surface area contributed by atoms with Gasteiger partial charge in [-0.2, -0.15) is 13.7 Å². The lowest BCUT2D eigenvalue weighted by Crippen LogP contribution is -2.30. The van der Waals surface area contributed by atoms with E-state index < -0.39 is 10.5 Å². The summed E-state index contributed by atoms with van der Waals surface area (Å²) < 4.78 is 41.7. The first kappa shape index (κ1) is 24.1. The van der Waals surface area contributed by atoms with Gasteiger partial charge in [-0.1, -0.05) is 9.95 Å². The second-order valence-electron chi connectivity index (χ2n) is 9.47. The second kappa shape index (κ2) is 8.93. The summed E-state index contributed by atoms with van der Waals surface area (Å²) in [7, 11) is -5.21. The second-order valence-corrected chi connectivity index (χ2v) is 10.4. The highest BCUT2D eigenvalue weighted by Gasteiger charge is 2.24. The molecule has 1 saturated heterocycles. The summed E-state index contributed by atoms with van der Waals surface area (Å²) in [5.41, 5.74) is 4.48. The number of nitrogens with zero attached hydrogens (tertiary/aromatic N) is 3. The molecule has 9 nitrogen and oxygen atoms in total. The molecular weight excluding hydrogens is 509 g/mol. The van der Waals surface area contributed by atoms with Crippen LogP contribution in [0.5, 0.6) is 5.75 Å². The molecule has 0 amide bonds. The molecule has 1 fully saturated rings. The molecule has 0 atom stereocenters. The Bertz CT molecular complexity index is 1970. The molecular formula is C27H22FN5O4S. The van der Waals surface area contributed by atoms with E-state index in [-0.39, 0.29) is 17.2 Å². The third-order valence-corrected chi connectivity index (χ3v) is 7.51. The number of H-pyrrole nitrogens is 1. The number of aryl methyl sites for hydroxylation is 1. The molecule has 1 aliphatic heterocycles. The van der Waals surface area contributed by atoms with E-state index in [1.165, 1.54) is 12.3 Å². The number of halogens is 1. The van der Waals surface area contributed by atoms with Crippen molar-refractivity contribution in [3.63, 3.8) is 0 Å². The molecule has 2 N–H and O–H groups in total. The van der Waals surface area contributed by atoms with Crippen molar-refractivity contribution < 1.29 is 16.5 Å². The first-order valence-electron chi connectivity index (χ1n) is 12.1. The Balaban J connectivity index is 1.67. The Hall–Kier alpha value is -4.27. The normalized spacial score (nSPS) is 14.8. The molecule has 38 heavy (non-hydrogen) atoms. The lowest BCUT2D eigenvalue weighted by atomic mass is 9.97. The SMILES string of the molecule is Cc1cc2c(=O)c3c4ccc(C#N)cc4[nH]c3n(C3CCNCC3)c2cc1-c1cncc(OS(=O)(=O)F)c1. The van der Waals surface area contributed by atoms with E-state index in [4.69, 9.17) is 0 Å². The average Bonchev–Trinajstić information content (AvgIpc) is 3.27. The number of rotatable bonds is 4. The number of fused-ring (bicyclic) bond motifs is 4. The van der Waals surface area contributed by atoms with Crippen molar-refractivity contribution >= 4 is 43.3 Å². The van der Waals surface area contributed by atoms with Crippen molar-refractivity contribution in [2.45, 2.75) is 25.8 Å². The Morgan fingerprint density at radius 3 is 2.66 bits per heavy atom. The number of pyridine rings is 2. The summed E-state index contributed by atoms with van der Waals surface area (Å²) in [6.07, 6.45) is 4.36. The van der Waals surface area contributed by atoms with Crippen LogP contribution in [-0.2, 0) is 10.5 Å². The first-order valence-corrected chi connectivity index (χ1v) is 13.4. The predicted octanol–water partition coefficient (Wildman–Crippen LogP) is 4.40. The fourth-order valence-corrected chi connectivity index (χ4v) is 5.80. The molecule has 4 heterocycles. The van der Waals surface area contributed by atoms with Crippen LogP contribution in [0.1, 0.15) is 30.0 Å². The van der Waals surface area contributed by atoms with E-state index in [9.17, 15) is 22.4 Å². The number of benzene rings is 2. The van der Waals surface area contributed by atoms with Gasteiger partial charge in [0.05, 0.1) is 28.7 Å². The van der Waals surface area contributed by atoms with Gasteiger partial charge in [0.15, 0.2) is 11.2 Å². The predicted molar refractivity (Wildman–Crippen MR) is 142 cm³/mol. The Morgan fingerprint density at radius 2 is 1.92 bits per heavy atom. The number of aromatic amines is 1. The maximum Gasteiger partial charge on any atom is 0.488 e. The molecule has 0 spiro atoms. The van der Waals surface area contributed by atoms with Crippen LogP contribution in [-0.4, -0.2) is 36.0 Å². The number of nitrogens with one attached hydrogen (secondary N) is 2. The van der Waals surface area contributed by atoms with Gasteiger partial charge < -0.3 is 19.1 Å². The molecule has 0 aliphatic carbocycles. The molecule has 2 aromatic carbocycles. The third kappa shape index (κ3) is 4.08. The van der Waals surface area contributed by atoms with E-state index in [1.807, 2.05) is 25.1 Å². The molecule has 0 saturated carbocycles. The summed E-state index contributed by atoms with van der Waals surface area (Å²) in [6, 6.07) is 12.6. The molecule has 3 aromatic heterocycles. The zero-order valence-electron chi connectivity index (χ0n) is 20.3. The van der Waals surface area contributed by atoms with Gasteiger partial charge in [-0.3, -0.25) is 9.78 Å². The molecule has 0 bridgehead atoms. The highest BCUT2D eigenvalue weighted by molar-refractivity contribution is 7.81. The molecule has 11 heteroatoms. The van der Waals surface area contributed by atoms with Gasteiger partial charge in [0.25, 0.3) is 0 Å². The van der Waals surface area contributed by atoms with Gasteiger partial charge in [-0.05, 0) is 74.3 Å². The Kier molecular flexibility index (Phi) is 5.66. The van der Waals surface area contributed by atoms with Crippen LogP contribution in [0.2, 0.25) is 0 Å². The van der Waals surface area contributed by atoms with E-state index in [0.29, 0.717) is 44.1 Å². The van der Waals surface area contributed by atoms with Gasteiger partial charge >= 0.3 is 10.5 Å². The number of hydrogen-bond donors (Lipinski definition) is 2. The zero-order valence-corrected chi connectivity index (χ0v) is 21.1. The van der Waals surface area contributed by atoms with Crippen molar-refractivity contribution in [2.24, 2.45) is 0 Å². The van der Waals surface area contributed by atoms with Crippen LogP contribution in [0.25, 0.3) is 44.0 Å². The first-order chi connectivity index (χ1) is 18.2. The van der Waals surface area contributed by atoms with Crippen LogP contribution < -0.4 is 14.9 Å². The van der Waals surface area contributed by atoms with Gasteiger partial charge in [0, 0.05) is 34.1 Å². The van der Waals surface area contributed by atoms with Crippen LogP contribution in [0.4, 0.5) is 3.89 Å². The summed E-state index contributed by atoms with van der Waals surface area (Å²) in [5, 5.41) is 14.7. The van der Waals surface area contributed by atoms with Crippen molar-refractivity contribution in [3.05, 3.63) is 70.1 Å². The van der Waals surface area contributed by atoms with Gasteiger partial charge in [-0.25, -0.2) is 0 Å². The minimum absolute atomic E-state index is 0.102. The van der Waals surface area contributed by atoms with Crippen LogP contribution in [0, 0.1) is 18.3 Å². The van der Waals surface area contributed by atoms with E-state index >= 15 is 0 Å². The van der Waals surface area contributed by atoms with Gasteiger partial charge in [0.1, 0.15) is 5.65 Å². The topological polar surface area (TPSA) is 130 Å². The maximum atomic E-state index is 13.9. The van der Waals surface area contributed by atoms with Crippen molar-refractivity contribution in [1.29, 1.82) is 5.26 Å². The van der Waals surface area contributed by atoms with Crippen LogP contribution in [0.15, 0.2) is 53.6 Å². The summed E-state index contributed by atoms with van der Waals surface area (Å²) >= 11 is 0. The minimum Gasteiger partial charge on any atom is -0.357 e. The summed E-state index contributed by atoms with van der Waals surface area (Å²) in [5.74, 6) is -0.250. The molecule has 0 unspecified atom stereocenters. The highest BCUT2D eigenvalue weighted by atomic mass is 32.3. The minimum atomic E-state index is -5.21. The van der Waals surface area contributed by atoms with Crippen molar-refractivity contribution in [1.82, 2.24) is 19.9 Å². The number of piperidine rings is 1. The highest BCUT2D eigenvalue weighted by Crippen LogP contribution is 2.35. The van der Waals surface area contributed by atoms with E-state index in [0.717, 1.165) is 43.1 Å². The standard InChI is InChI=1S/C27H22FN5O4S/c1-15-8-22-24(11-21(15)17-10-19(14-31-13-17)37-38(28,35)36)33(18-4-6-30-7-5-18)27-25(26(22)34)20-3-2-16(12-29)9-23(20)32-27/h2-3,8-11,13-14,18,30,32H,4-7H2,1H3. The lowest BCUT2D eigenvalue weighted by molar-refractivity contribution is 0.381. The molecule has 5 aromatic rings. The third-order valence-electron chi connectivity index (χ3n) is 7.12. The summed E-state index contributed by atoms with van der Waals surface area (Å²) in [6.45, 7) is 3.51. The Morgan fingerprint density at radius 1 is 1.13 bits per heavy atom. The quantitative estimate of drug-likeness (QED) is 0.329. The fraction of sp³-hybridized carbons (Fsp3) is 0.222. The van der Waals surface area contributed by atoms with Crippen molar-refractivity contribution in [2.75, 3.05) is 13.1 Å². The monoisotopic (exact) mass is 531 g/mol. The fourth-order valence-electron chi connectivity index (χ4n) is 5.48. The lowest BCUT2D eigenvalue weighted by Gasteiger charge is -2.28. The molecule has 1 aliphatic rings. The van der Waals surface area contributed by atoms with Gasteiger partial charge in [-0.15, -0.1) is 0 Å². The molecule has 0 radical (unpaired) electrons. The van der Waals surface area contributed by atoms with Crippen molar-refractivity contribution in [3.8, 4) is 22.9 Å². The summed E-state index contributed by atoms with van der Waals surface area (Å²) in [4.78, 5) is 21.3. The van der Waals surface area contributed by atoms with Crippen LogP contribution in [0.3, 0.4) is 0 Å². The largest absolute Gasteiger partial charge is 0.488 e. The average molecular weight is 532 g/mol. The molecule has 192 valence electrons. The van der Waals surface area contributed by atoms with E-state index in [2.05, 4.69) is 30.1 Å². The smallest absolute Gasteiger partial charge is 0.357 e. The maximum absolute atomic E-state index is 13.9. The van der Waals surface area contributed by atoms with Crippen LogP contribution >= 0.6 is 0 Å². The van der Waals surface area contributed by atoms with Gasteiger partial charge in [0.2, 0.25) is 0 Å². The molecule has 6 rings (SSSR count).